The summed E-state index contributed by atoms with van der Waals surface area (Å²) in [6.07, 6.45) is 2.63. The Kier molecular flexibility index (Phi) is 6.49. The minimum absolute atomic E-state index is 0.0807. The zero-order valence-corrected chi connectivity index (χ0v) is 19.0. The van der Waals surface area contributed by atoms with Gasteiger partial charge in [0.25, 0.3) is 5.91 Å². The number of ether oxygens (including phenoxy) is 1. The summed E-state index contributed by atoms with van der Waals surface area (Å²) >= 11 is 0. The number of rotatable bonds is 6. The van der Waals surface area contributed by atoms with E-state index in [4.69, 9.17) is 4.74 Å². The Hall–Kier alpha value is -3.56. The van der Waals surface area contributed by atoms with Gasteiger partial charge in [0.15, 0.2) is 0 Å². The number of benzene rings is 1. The minimum atomic E-state index is -4.46. The molecule has 2 aliphatic heterocycles. The van der Waals surface area contributed by atoms with Crippen molar-refractivity contribution in [3.8, 4) is 11.4 Å². The molecule has 2 fully saturated rings. The van der Waals surface area contributed by atoms with E-state index in [1.54, 1.807) is 30.0 Å². The molecule has 7 nitrogen and oxygen atoms in total. The number of carbonyl (C=O) groups is 1. The lowest BCUT2D eigenvalue weighted by molar-refractivity contribution is -0.0884. The summed E-state index contributed by atoms with van der Waals surface area (Å²) in [4.78, 5) is 18.5. The Bertz CT molecular complexity index is 1120. The molecule has 4 rings (SSSR count). The van der Waals surface area contributed by atoms with E-state index in [0.717, 1.165) is 24.6 Å². The Labute approximate surface area is 195 Å². The number of hydrogen-bond donors (Lipinski definition) is 0. The summed E-state index contributed by atoms with van der Waals surface area (Å²) in [6.45, 7) is 6.78. The molecule has 180 valence electrons. The summed E-state index contributed by atoms with van der Waals surface area (Å²) < 4.78 is 45.2. The molecular formula is C24H26F3N5O2. The standard InChI is InChI=1S/C24H26F3N5O2/c1-4-5-18(24(25,26)27)12-16(2)30-11-8-17-14-31(22(17)15-30)23(33)20-7-6-19(34-3)13-21(20)32-28-9-10-29-32/h4-7,9-10,12-13,17,22H,1,8,11,14-15H2,2-3H3/b16-12+,18-5+. The van der Waals surface area contributed by atoms with E-state index in [1.165, 1.54) is 24.3 Å². The third-order valence-electron chi connectivity index (χ3n) is 6.37. The van der Waals surface area contributed by atoms with E-state index in [-0.39, 0.29) is 11.9 Å². The smallest absolute Gasteiger partial charge is 0.416 e. The SMILES string of the molecule is C=C/C=C(\C=C(/C)N1CCC2CN(C(=O)c3ccc(OC)cc3-n3nccn3)C2C1)C(F)(F)F. The van der Waals surface area contributed by atoms with Crippen LogP contribution in [0.4, 0.5) is 13.2 Å². The average molecular weight is 473 g/mol. The predicted molar refractivity (Wildman–Crippen MR) is 121 cm³/mol. The molecule has 1 amide bonds. The molecule has 10 heteroatoms. The fraction of sp³-hybridized carbons (Fsp3) is 0.375. The molecular weight excluding hydrogens is 447 g/mol. The summed E-state index contributed by atoms with van der Waals surface area (Å²) in [7, 11) is 1.54. The highest BCUT2D eigenvalue weighted by Crippen LogP contribution is 2.36. The van der Waals surface area contributed by atoms with E-state index >= 15 is 0 Å². The first-order chi connectivity index (χ1) is 16.2. The number of fused-ring (bicyclic) bond motifs is 1. The Morgan fingerprint density at radius 1 is 1.24 bits per heavy atom. The number of likely N-dealkylation sites (tertiary alicyclic amines) is 2. The van der Waals surface area contributed by atoms with Gasteiger partial charge in [0.1, 0.15) is 11.4 Å². The number of amides is 1. The lowest BCUT2D eigenvalue weighted by Crippen LogP contribution is -2.65. The highest BCUT2D eigenvalue weighted by Gasteiger charge is 2.46. The monoisotopic (exact) mass is 473 g/mol. The van der Waals surface area contributed by atoms with Gasteiger partial charge >= 0.3 is 6.18 Å². The van der Waals surface area contributed by atoms with Crippen LogP contribution in [0.25, 0.3) is 5.69 Å². The van der Waals surface area contributed by atoms with Crippen LogP contribution in [0.2, 0.25) is 0 Å². The molecule has 1 aromatic heterocycles. The van der Waals surface area contributed by atoms with Gasteiger partial charge in [0.2, 0.25) is 0 Å². The van der Waals surface area contributed by atoms with Gasteiger partial charge in [0.05, 0.1) is 36.7 Å². The summed E-state index contributed by atoms with van der Waals surface area (Å²) in [6, 6.07) is 5.02. The second kappa shape index (κ2) is 9.36. The summed E-state index contributed by atoms with van der Waals surface area (Å²) in [5.41, 5.74) is 0.700. The first kappa shape index (κ1) is 23.6. The molecule has 2 unspecified atom stereocenters. The van der Waals surface area contributed by atoms with Gasteiger partial charge in [-0.3, -0.25) is 4.79 Å². The van der Waals surface area contributed by atoms with Gasteiger partial charge in [-0.15, -0.1) is 0 Å². The largest absolute Gasteiger partial charge is 0.497 e. The van der Waals surface area contributed by atoms with Crippen molar-refractivity contribution in [3.63, 3.8) is 0 Å². The van der Waals surface area contributed by atoms with Crippen LogP contribution < -0.4 is 4.74 Å². The molecule has 2 aliphatic rings. The Balaban J connectivity index is 1.55. The molecule has 2 aromatic rings. The van der Waals surface area contributed by atoms with Crippen LogP contribution in [0.15, 0.2) is 66.7 Å². The third kappa shape index (κ3) is 4.57. The topological polar surface area (TPSA) is 63.5 Å². The fourth-order valence-corrected chi connectivity index (χ4v) is 4.50. The number of aromatic nitrogens is 3. The number of piperidine rings is 1. The van der Waals surface area contributed by atoms with Crippen LogP contribution in [-0.4, -0.2) is 69.7 Å². The molecule has 2 atom stereocenters. The number of halogens is 3. The molecule has 0 N–H and O–H groups in total. The average Bonchev–Trinajstić information content (AvgIpc) is 3.33. The predicted octanol–water partition coefficient (Wildman–Crippen LogP) is 4.00. The maximum Gasteiger partial charge on any atom is 0.416 e. The Morgan fingerprint density at radius 3 is 2.62 bits per heavy atom. The second-order valence-corrected chi connectivity index (χ2v) is 8.36. The van der Waals surface area contributed by atoms with Crippen LogP contribution in [-0.2, 0) is 0 Å². The molecule has 0 saturated carbocycles. The van der Waals surface area contributed by atoms with Gasteiger partial charge < -0.3 is 14.5 Å². The van der Waals surface area contributed by atoms with E-state index in [2.05, 4.69) is 16.8 Å². The van der Waals surface area contributed by atoms with Crippen molar-refractivity contribution in [1.29, 1.82) is 0 Å². The minimum Gasteiger partial charge on any atom is -0.497 e. The van der Waals surface area contributed by atoms with E-state index in [0.29, 0.717) is 48.2 Å². The van der Waals surface area contributed by atoms with Crippen molar-refractivity contribution in [2.24, 2.45) is 5.92 Å². The number of alkyl halides is 3. The number of allylic oxidation sites excluding steroid dienone is 5. The van der Waals surface area contributed by atoms with Gasteiger partial charge in [-0.2, -0.15) is 28.2 Å². The van der Waals surface area contributed by atoms with Crippen LogP contribution >= 0.6 is 0 Å². The van der Waals surface area contributed by atoms with Crippen LogP contribution in [0.3, 0.4) is 0 Å². The van der Waals surface area contributed by atoms with Gasteiger partial charge in [-0.1, -0.05) is 18.7 Å². The summed E-state index contributed by atoms with van der Waals surface area (Å²) in [5.74, 6) is 0.730. The van der Waals surface area contributed by atoms with Crippen molar-refractivity contribution >= 4 is 5.91 Å². The number of carbonyl (C=O) groups excluding carboxylic acids is 1. The first-order valence-corrected chi connectivity index (χ1v) is 10.9. The van der Waals surface area contributed by atoms with Crippen LogP contribution in [0, 0.1) is 5.92 Å². The van der Waals surface area contributed by atoms with Gasteiger partial charge in [-0.25, -0.2) is 0 Å². The highest BCUT2D eigenvalue weighted by molar-refractivity contribution is 5.98. The van der Waals surface area contributed by atoms with Crippen molar-refractivity contribution in [2.75, 3.05) is 26.7 Å². The number of methoxy groups -OCH3 is 1. The quantitative estimate of drug-likeness (QED) is 0.594. The molecule has 0 radical (unpaired) electrons. The van der Waals surface area contributed by atoms with Crippen molar-refractivity contribution in [2.45, 2.75) is 25.6 Å². The lowest BCUT2D eigenvalue weighted by Gasteiger charge is -2.54. The zero-order chi connectivity index (χ0) is 24.5. The molecule has 1 aromatic carbocycles. The highest BCUT2D eigenvalue weighted by atomic mass is 19.4. The van der Waals surface area contributed by atoms with E-state index in [9.17, 15) is 18.0 Å². The number of nitrogens with zero attached hydrogens (tertiary/aromatic N) is 5. The summed E-state index contributed by atoms with van der Waals surface area (Å²) in [5, 5.41) is 8.29. The van der Waals surface area contributed by atoms with E-state index in [1.807, 2.05) is 4.90 Å². The van der Waals surface area contributed by atoms with Crippen molar-refractivity contribution in [3.05, 3.63) is 72.2 Å². The molecule has 0 spiro atoms. The van der Waals surface area contributed by atoms with Crippen LogP contribution in [0.1, 0.15) is 23.7 Å². The molecule has 2 saturated heterocycles. The Morgan fingerprint density at radius 2 is 1.97 bits per heavy atom. The molecule has 0 bridgehead atoms. The lowest BCUT2D eigenvalue weighted by atomic mass is 9.81. The second-order valence-electron chi connectivity index (χ2n) is 8.36. The van der Waals surface area contributed by atoms with Gasteiger partial charge in [-0.05, 0) is 31.6 Å². The van der Waals surface area contributed by atoms with Crippen LogP contribution in [0.5, 0.6) is 5.75 Å². The van der Waals surface area contributed by atoms with Gasteiger partial charge in [0, 0.05) is 37.3 Å². The maximum absolute atomic E-state index is 13.5. The van der Waals surface area contributed by atoms with E-state index < -0.39 is 11.7 Å². The number of hydrogen-bond acceptors (Lipinski definition) is 5. The molecule has 3 heterocycles. The normalized spacial score (nSPS) is 21.1. The zero-order valence-electron chi connectivity index (χ0n) is 19.0. The molecule has 0 aliphatic carbocycles. The maximum atomic E-state index is 13.5. The van der Waals surface area contributed by atoms with Crippen molar-refractivity contribution in [1.82, 2.24) is 24.8 Å². The fourth-order valence-electron chi connectivity index (χ4n) is 4.50. The first-order valence-electron chi connectivity index (χ1n) is 10.9. The van der Waals surface area contributed by atoms with Crippen molar-refractivity contribution < 1.29 is 22.7 Å². The molecule has 34 heavy (non-hydrogen) atoms. The third-order valence-corrected chi connectivity index (χ3v) is 6.37.